The maximum atomic E-state index is 11.7. The molecule has 1 aromatic rings. The van der Waals surface area contributed by atoms with Gasteiger partial charge in [-0.2, -0.15) is 0 Å². The monoisotopic (exact) mass is 390 g/mol. The molecule has 4 nitrogen and oxygen atoms in total. The van der Waals surface area contributed by atoms with Gasteiger partial charge in [-0.25, -0.2) is 0 Å². The molecule has 20 heavy (non-hydrogen) atoms. The van der Waals surface area contributed by atoms with Crippen LogP contribution in [0.3, 0.4) is 0 Å². The predicted octanol–water partition coefficient (Wildman–Crippen LogP) is 2.97. The van der Waals surface area contributed by atoms with Gasteiger partial charge in [-0.3, -0.25) is 4.79 Å². The maximum Gasteiger partial charge on any atom is 0.313 e. The number of carbonyl (C=O) groups is 1. The lowest BCUT2D eigenvalue weighted by atomic mass is 9.73. The number of rotatable bonds is 4. The van der Waals surface area contributed by atoms with Crippen LogP contribution >= 0.6 is 22.6 Å². The average molecular weight is 390 g/mol. The number of benzene rings is 1. The number of hydrogen-bond donors (Lipinski definition) is 2. The van der Waals surface area contributed by atoms with Crippen molar-refractivity contribution < 1.29 is 19.7 Å². The van der Waals surface area contributed by atoms with Gasteiger partial charge in [0.1, 0.15) is 11.7 Å². The van der Waals surface area contributed by atoms with E-state index in [9.17, 15) is 15.0 Å². The lowest BCUT2D eigenvalue weighted by Gasteiger charge is -2.41. The minimum atomic E-state index is -1.18. The summed E-state index contributed by atoms with van der Waals surface area (Å²) >= 11 is 2.19. The van der Waals surface area contributed by atoms with E-state index in [0.29, 0.717) is 17.7 Å². The summed E-state index contributed by atoms with van der Waals surface area (Å²) in [7, 11) is 1.57. The van der Waals surface area contributed by atoms with E-state index >= 15 is 0 Å². The SMILES string of the molecule is COc1ccc([C@@H](C(=O)O)C2(O)CCCCC2I)cc1. The van der Waals surface area contributed by atoms with E-state index in [1.807, 2.05) is 0 Å². The third kappa shape index (κ3) is 2.93. The molecule has 0 bridgehead atoms. The third-order valence-corrected chi connectivity index (χ3v) is 5.72. The molecule has 2 rings (SSSR count). The Hall–Kier alpha value is -0.820. The van der Waals surface area contributed by atoms with Crippen LogP contribution < -0.4 is 4.74 Å². The molecule has 0 saturated heterocycles. The van der Waals surface area contributed by atoms with E-state index in [-0.39, 0.29) is 3.92 Å². The fraction of sp³-hybridized carbons (Fsp3) is 0.533. The molecule has 0 heterocycles. The van der Waals surface area contributed by atoms with Crippen molar-refractivity contribution in [3.8, 4) is 5.75 Å². The van der Waals surface area contributed by atoms with Gasteiger partial charge in [-0.1, -0.05) is 47.6 Å². The number of aliphatic hydroxyl groups is 1. The molecule has 0 spiro atoms. The predicted molar refractivity (Wildman–Crippen MR) is 84.6 cm³/mol. The number of ether oxygens (including phenoxy) is 1. The van der Waals surface area contributed by atoms with Crippen molar-refractivity contribution in [1.82, 2.24) is 0 Å². The number of aliphatic carboxylic acids is 1. The minimum Gasteiger partial charge on any atom is -0.497 e. The Balaban J connectivity index is 2.37. The van der Waals surface area contributed by atoms with Crippen molar-refractivity contribution in [1.29, 1.82) is 0 Å². The van der Waals surface area contributed by atoms with Gasteiger partial charge >= 0.3 is 5.97 Å². The summed E-state index contributed by atoms with van der Waals surface area (Å²) in [5, 5.41) is 20.5. The van der Waals surface area contributed by atoms with Crippen molar-refractivity contribution in [2.75, 3.05) is 7.11 Å². The van der Waals surface area contributed by atoms with E-state index in [1.165, 1.54) is 0 Å². The highest BCUT2D eigenvalue weighted by Gasteiger charge is 2.48. The highest BCUT2D eigenvalue weighted by atomic mass is 127. The number of hydrogen-bond acceptors (Lipinski definition) is 3. The van der Waals surface area contributed by atoms with Crippen LogP contribution in [0.15, 0.2) is 24.3 Å². The second kappa shape index (κ2) is 6.30. The molecule has 1 aliphatic carbocycles. The molecule has 0 aromatic heterocycles. The van der Waals surface area contributed by atoms with Gasteiger partial charge in [-0.15, -0.1) is 0 Å². The molecule has 5 heteroatoms. The maximum absolute atomic E-state index is 11.7. The molecule has 2 N–H and O–H groups in total. The zero-order chi connectivity index (χ0) is 14.8. The zero-order valence-electron chi connectivity index (χ0n) is 11.4. The summed E-state index contributed by atoms with van der Waals surface area (Å²) in [6.07, 6.45) is 3.31. The number of carboxylic acid groups (broad SMARTS) is 1. The van der Waals surface area contributed by atoms with Crippen molar-refractivity contribution >= 4 is 28.6 Å². The molecular formula is C15H19IO4. The van der Waals surface area contributed by atoms with Gasteiger partial charge < -0.3 is 14.9 Å². The smallest absolute Gasteiger partial charge is 0.313 e. The van der Waals surface area contributed by atoms with Crippen molar-refractivity contribution in [2.24, 2.45) is 0 Å². The Kier molecular flexibility index (Phi) is 4.90. The molecular weight excluding hydrogens is 371 g/mol. The van der Waals surface area contributed by atoms with E-state index < -0.39 is 17.5 Å². The number of carboxylic acids is 1. The van der Waals surface area contributed by atoms with Gasteiger partial charge in [0.15, 0.2) is 0 Å². The Labute approximate surface area is 132 Å². The van der Waals surface area contributed by atoms with Crippen LogP contribution in [0.5, 0.6) is 5.75 Å². The van der Waals surface area contributed by atoms with Gasteiger partial charge in [0.25, 0.3) is 0 Å². The summed E-state index contributed by atoms with van der Waals surface area (Å²) in [5.74, 6) is -1.18. The molecule has 0 amide bonds. The normalized spacial score (nSPS) is 27.9. The highest BCUT2D eigenvalue weighted by Crippen LogP contribution is 2.44. The van der Waals surface area contributed by atoms with E-state index in [4.69, 9.17) is 4.74 Å². The Bertz CT molecular complexity index is 473. The minimum absolute atomic E-state index is 0.0444. The molecule has 1 saturated carbocycles. The number of methoxy groups -OCH3 is 1. The van der Waals surface area contributed by atoms with Gasteiger partial charge in [0.05, 0.1) is 12.7 Å². The van der Waals surface area contributed by atoms with Crippen LogP contribution in [0.1, 0.15) is 37.2 Å². The van der Waals surface area contributed by atoms with Gasteiger partial charge in [0.2, 0.25) is 0 Å². The quantitative estimate of drug-likeness (QED) is 0.613. The number of halogens is 1. The molecule has 1 aliphatic rings. The molecule has 0 radical (unpaired) electrons. The van der Waals surface area contributed by atoms with Crippen molar-refractivity contribution in [2.45, 2.75) is 41.1 Å². The fourth-order valence-corrected chi connectivity index (χ4v) is 4.02. The summed E-state index contributed by atoms with van der Waals surface area (Å²) < 4.78 is 5.05. The number of alkyl halides is 1. The van der Waals surface area contributed by atoms with Crippen molar-refractivity contribution in [3.63, 3.8) is 0 Å². The van der Waals surface area contributed by atoms with Crippen LogP contribution in [0.2, 0.25) is 0 Å². The Morgan fingerprint density at radius 2 is 2.05 bits per heavy atom. The van der Waals surface area contributed by atoms with E-state index in [2.05, 4.69) is 22.6 Å². The molecule has 1 fully saturated rings. The van der Waals surface area contributed by atoms with Crippen LogP contribution in [0, 0.1) is 0 Å². The lowest BCUT2D eigenvalue weighted by molar-refractivity contribution is -0.147. The van der Waals surface area contributed by atoms with Crippen LogP contribution in [-0.4, -0.2) is 32.8 Å². The van der Waals surface area contributed by atoms with Gasteiger partial charge in [0, 0.05) is 3.92 Å². The van der Waals surface area contributed by atoms with Crippen LogP contribution in [-0.2, 0) is 4.79 Å². The molecule has 0 aliphatic heterocycles. The third-order valence-electron chi connectivity index (χ3n) is 4.02. The second-order valence-electron chi connectivity index (χ2n) is 5.25. The first-order chi connectivity index (χ1) is 9.49. The lowest BCUT2D eigenvalue weighted by Crippen LogP contribution is -2.49. The summed E-state index contributed by atoms with van der Waals surface area (Å²) in [6.45, 7) is 0. The van der Waals surface area contributed by atoms with Crippen LogP contribution in [0.4, 0.5) is 0 Å². The summed E-state index contributed by atoms with van der Waals surface area (Å²) in [6, 6.07) is 6.93. The van der Waals surface area contributed by atoms with E-state index in [0.717, 1.165) is 19.3 Å². The topological polar surface area (TPSA) is 66.8 Å². The first-order valence-corrected chi connectivity index (χ1v) is 7.97. The van der Waals surface area contributed by atoms with Crippen LogP contribution in [0.25, 0.3) is 0 Å². The van der Waals surface area contributed by atoms with Gasteiger partial charge in [-0.05, 0) is 30.5 Å². The zero-order valence-corrected chi connectivity index (χ0v) is 13.5. The van der Waals surface area contributed by atoms with Crippen molar-refractivity contribution in [3.05, 3.63) is 29.8 Å². The largest absolute Gasteiger partial charge is 0.497 e. The van der Waals surface area contributed by atoms with E-state index in [1.54, 1.807) is 31.4 Å². The molecule has 2 unspecified atom stereocenters. The molecule has 110 valence electrons. The fourth-order valence-electron chi connectivity index (χ4n) is 2.90. The Morgan fingerprint density at radius 1 is 1.40 bits per heavy atom. The Morgan fingerprint density at radius 3 is 2.55 bits per heavy atom. The average Bonchev–Trinajstić information content (AvgIpc) is 2.43. The first-order valence-electron chi connectivity index (χ1n) is 6.72. The second-order valence-corrected chi connectivity index (χ2v) is 6.75. The first kappa shape index (κ1) is 15.6. The highest BCUT2D eigenvalue weighted by molar-refractivity contribution is 14.1. The molecule has 1 aromatic carbocycles. The molecule has 3 atom stereocenters. The standard InChI is InChI=1S/C15H19IO4/c1-20-11-7-5-10(6-8-11)13(14(17)18)15(19)9-3-2-4-12(15)16/h5-8,12-13,19H,2-4,9H2,1H3,(H,17,18)/t12?,13-,15?/m0/s1. The summed E-state index contributed by atoms with van der Waals surface area (Å²) in [5.41, 5.74) is -0.552. The summed E-state index contributed by atoms with van der Waals surface area (Å²) in [4.78, 5) is 11.7.